The summed E-state index contributed by atoms with van der Waals surface area (Å²) in [6.45, 7) is 3.22. The van der Waals surface area contributed by atoms with Crippen LogP contribution in [-0.4, -0.2) is 43.3 Å². The van der Waals surface area contributed by atoms with E-state index in [1.54, 1.807) is 22.7 Å². The van der Waals surface area contributed by atoms with Crippen LogP contribution in [0.15, 0.2) is 107 Å². The summed E-state index contributed by atoms with van der Waals surface area (Å²) in [5.74, 6) is 0. The molecule has 0 bridgehead atoms. The highest BCUT2D eigenvalue weighted by atomic mass is 35.5. The number of fused-ring (bicyclic) bond motifs is 6. The number of thiocarbonyl (C=S) groups is 2. The maximum atomic E-state index is 6.19. The lowest BCUT2D eigenvalue weighted by atomic mass is 10.1. The van der Waals surface area contributed by atoms with E-state index in [9.17, 15) is 0 Å². The summed E-state index contributed by atoms with van der Waals surface area (Å²) in [5.41, 5.74) is 5.91. The molecule has 4 aromatic carbocycles. The van der Waals surface area contributed by atoms with Crippen LogP contribution in [0.1, 0.15) is 20.9 Å². The van der Waals surface area contributed by atoms with Crippen LogP contribution >= 0.6 is 116 Å². The van der Waals surface area contributed by atoms with Crippen LogP contribution in [0.3, 0.4) is 0 Å². The SMILES string of the molecule is S=C(/N=c1\sc(Nc2ccc(Cl)cc2)nc2sc3c(c12)CCN(N1CCc2c(sc4nc(Nc5ccc(Cl)cc5)s/c(=N\C(=S)Nc5ccc(Cl)cc5)c24)C1)C3)Nc1ccc(Cl)cc1. The van der Waals surface area contributed by atoms with Gasteiger partial charge in [0.25, 0.3) is 0 Å². The van der Waals surface area contributed by atoms with Crippen molar-refractivity contribution in [2.75, 3.05) is 34.4 Å². The molecule has 2 aliphatic heterocycles. The van der Waals surface area contributed by atoms with Crippen molar-refractivity contribution in [3.63, 3.8) is 0 Å². The first-order valence-electron chi connectivity index (χ1n) is 19.8. The number of hydrogen-bond donors (Lipinski definition) is 4. The van der Waals surface area contributed by atoms with Gasteiger partial charge in [-0.15, -0.1) is 22.7 Å². The van der Waals surface area contributed by atoms with Crippen LogP contribution in [-0.2, 0) is 25.9 Å². The van der Waals surface area contributed by atoms with E-state index in [0.717, 1.165) is 91.5 Å². The van der Waals surface area contributed by atoms with Crippen molar-refractivity contribution < 1.29 is 0 Å². The number of thiophene rings is 2. The highest BCUT2D eigenvalue weighted by Gasteiger charge is 2.31. The lowest BCUT2D eigenvalue weighted by Gasteiger charge is -2.39. The Hall–Kier alpha value is -4.14. The number of nitrogens with one attached hydrogen (secondary N) is 4. The van der Waals surface area contributed by atoms with Crippen molar-refractivity contribution in [3.05, 3.63) is 147 Å². The second-order valence-corrected chi connectivity index (χ2v) is 21.3. The first-order chi connectivity index (χ1) is 31.1. The van der Waals surface area contributed by atoms with Gasteiger partial charge in [0.1, 0.15) is 19.0 Å². The number of hydrazine groups is 1. The van der Waals surface area contributed by atoms with Crippen LogP contribution < -0.4 is 30.6 Å². The minimum Gasteiger partial charge on any atom is -0.331 e. The van der Waals surface area contributed by atoms with Gasteiger partial charge in [0.2, 0.25) is 0 Å². The van der Waals surface area contributed by atoms with Crippen molar-refractivity contribution in [2.24, 2.45) is 9.98 Å². The molecule has 0 amide bonds. The standard InChI is InChI=1S/C44H32Cl4N10S6/c45-23-1-9-27(10-2-23)49-41(59)53-37-35-31-17-19-57(21-33(31)61-39(35)55-43(63-37)51-29-13-5-25(47)6-14-29)58-20-18-32-34(22-58)62-40-36(32)38(54-42(60)50-28-11-3-24(46)4-12-28)64-44(56-40)52-30-15-7-26(48)8-16-30/h1-16H,17-22H2,(H,49,59)(H,50,60)(H,51,55)(H,52,56)/b53-37-,54-38-. The molecule has 4 N–H and O–H groups in total. The van der Waals surface area contributed by atoms with E-state index in [4.69, 9.17) is 90.8 Å². The summed E-state index contributed by atoms with van der Waals surface area (Å²) in [7, 11) is 0. The first kappa shape index (κ1) is 43.7. The van der Waals surface area contributed by atoms with Crippen molar-refractivity contribution in [1.29, 1.82) is 0 Å². The quantitative estimate of drug-likeness (QED) is 0.115. The molecule has 0 spiro atoms. The number of rotatable bonds is 7. The molecule has 10 rings (SSSR count). The van der Waals surface area contributed by atoms with Gasteiger partial charge in [-0.3, -0.25) is 0 Å². The number of nitrogens with zero attached hydrogens (tertiary/aromatic N) is 6. The van der Waals surface area contributed by atoms with Crippen LogP contribution in [0.25, 0.3) is 20.4 Å². The highest BCUT2D eigenvalue weighted by Crippen LogP contribution is 2.39. The number of halogens is 4. The fraction of sp³-hybridized carbons (Fsp3) is 0.136. The third-order valence-corrected chi connectivity index (χ3v) is 15.8. The first-order valence-corrected chi connectivity index (χ1v) is 25.3. The maximum Gasteiger partial charge on any atom is 0.198 e. The monoisotopic (exact) mass is 1030 g/mol. The van der Waals surface area contributed by atoms with Gasteiger partial charge in [0, 0.05) is 78.8 Å². The molecule has 0 saturated carbocycles. The summed E-state index contributed by atoms with van der Waals surface area (Å²) in [6.07, 6.45) is 1.68. The Balaban J connectivity index is 0.952. The van der Waals surface area contributed by atoms with E-state index in [-0.39, 0.29) is 0 Å². The smallest absolute Gasteiger partial charge is 0.198 e. The molecule has 0 unspecified atom stereocenters. The van der Waals surface area contributed by atoms with Crippen LogP contribution in [0, 0.1) is 0 Å². The highest BCUT2D eigenvalue weighted by molar-refractivity contribution is 7.80. The molecule has 0 saturated heterocycles. The second-order valence-electron chi connectivity index (χ2n) is 14.7. The Morgan fingerprint density at radius 1 is 0.500 bits per heavy atom. The van der Waals surface area contributed by atoms with Crippen LogP contribution in [0.2, 0.25) is 20.1 Å². The molecule has 6 heterocycles. The normalized spacial score (nSPS) is 14.7. The van der Waals surface area contributed by atoms with Gasteiger partial charge in [-0.25, -0.2) is 30.0 Å². The van der Waals surface area contributed by atoms with E-state index in [0.29, 0.717) is 40.6 Å². The molecule has 8 aromatic rings. The molecule has 20 heteroatoms. The number of benzene rings is 4. The average molecular weight is 1040 g/mol. The van der Waals surface area contributed by atoms with Gasteiger partial charge < -0.3 is 21.3 Å². The number of hydrogen-bond acceptors (Lipinski definition) is 12. The Bertz CT molecular complexity index is 3010. The Kier molecular flexibility index (Phi) is 13.0. The maximum absolute atomic E-state index is 6.19. The molecule has 0 atom stereocenters. The summed E-state index contributed by atoms with van der Waals surface area (Å²) in [5, 5.41) is 25.2. The molecular formula is C44H32Cl4N10S6. The zero-order valence-corrected chi connectivity index (χ0v) is 41.0. The average Bonchev–Trinajstić information content (AvgIpc) is 3.84. The minimum absolute atomic E-state index is 0.354. The Morgan fingerprint density at radius 2 is 0.844 bits per heavy atom. The largest absolute Gasteiger partial charge is 0.331 e. The van der Waals surface area contributed by atoms with Crippen molar-refractivity contribution in [3.8, 4) is 0 Å². The lowest BCUT2D eigenvalue weighted by molar-refractivity contribution is -0.0470. The van der Waals surface area contributed by atoms with E-state index >= 15 is 0 Å². The lowest BCUT2D eigenvalue weighted by Crippen LogP contribution is -2.47. The number of aromatic nitrogens is 2. The zero-order chi connectivity index (χ0) is 43.9. The molecule has 0 aliphatic carbocycles. The summed E-state index contributed by atoms with van der Waals surface area (Å²) >= 11 is 42.6. The Labute approximate surface area is 413 Å². The van der Waals surface area contributed by atoms with Crippen LogP contribution in [0.4, 0.5) is 33.0 Å². The fourth-order valence-corrected chi connectivity index (χ4v) is 13.1. The molecule has 64 heavy (non-hydrogen) atoms. The summed E-state index contributed by atoms with van der Waals surface area (Å²) in [4.78, 5) is 24.6. The van der Waals surface area contributed by atoms with E-state index in [2.05, 4.69) is 31.3 Å². The minimum atomic E-state index is 0.354. The molecule has 10 nitrogen and oxygen atoms in total. The van der Waals surface area contributed by atoms with Crippen molar-refractivity contribution >= 4 is 180 Å². The molecule has 322 valence electrons. The van der Waals surface area contributed by atoms with Crippen molar-refractivity contribution in [1.82, 2.24) is 20.0 Å². The summed E-state index contributed by atoms with van der Waals surface area (Å²) in [6, 6.07) is 29.9. The number of anilines is 6. The van der Waals surface area contributed by atoms with Crippen LogP contribution in [0.5, 0.6) is 0 Å². The van der Waals surface area contributed by atoms with Gasteiger partial charge in [0.05, 0.1) is 10.8 Å². The molecule has 0 radical (unpaired) electrons. The predicted octanol–water partition coefficient (Wildman–Crippen LogP) is 13.1. The third kappa shape index (κ3) is 9.84. The zero-order valence-electron chi connectivity index (χ0n) is 33.1. The van der Waals surface area contributed by atoms with Gasteiger partial charge >= 0.3 is 0 Å². The molecule has 0 fully saturated rings. The van der Waals surface area contributed by atoms with E-state index in [1.165, 1.54) is 43.6 Å². The van der Waals surface area contributed by atoms with Gasteiger partial charge in [0.15, 0.2) is 20.5 Å². The van der Waals surface area contributed by atoms with Crippen molar-refractivity contribution in [2.45, 2.75) is 25.9 Å². The molecular weight excluding hydrogens is 1000 g/mol. The summed E-state index contributed by atoms with van der Waals surface area (Å²) < 4.78 is 1.60. The molecule has 4 aromatic heterocycles. The van der Waals surface area contributed by atoms with E-state index < -0.39 is 0 Å². The topological polar surface area (TPSA) is 105 Å². The van der Waals surface area contributed by atoms with Gasteiger partial charge in [-0.1, -0.05) is 69.1 Å². The molecule has 2 aliphatic rings. The Morgan fingerprint density at radius 3 is 1.20 bits per heavy atom. The second kappa shape index (κ2) is 19.0. The van der Waals surface area contributed by atoms with E-state index in [1.807, 2.05) is 97.1 Å². The van der Waals surface area contributed by atoms with Gasteiger partial charge in [-0.05, 0) is 145 Å². The third-order valence-electron chi connectivity index (χ3n) is 10.4. The van der Waals surface area contributed by atoms with Gasteiger partial charge in [-0.2, -0.15) is 0 Å². The fourth-order valence-electron chi connectivity index (χ4n) is 7.48. The predicted molar refractivity (Wildman–Crippen MR) is 279 cm³/mol.